The fraction of sp³-hybridized carbons (Fsp3) is 1.00. The van der Waals surface area contributed by atoms with Crippen LogP contribution in [0.1, 0.15) is 58.3 Å². The van der Waals surface area contributed by atoms with Gasteiger partial charge in [0.05, 0.1) is 0 Å². The molecule has 0 aromatic carbocycles. The van der Waals surface area contributed by atoms with E-state index in [1.807, 2.05) is 0 Å². The summed E-state index contributed by atoms with van der Waals surface area (Å²) in [6, 6.07) is 0. The Kier molecular flexibility index (Phi) is 16.4. The zero-order valence-corrected chi connectivity index (χ0v) is 10.8. The maximum atomic E-state index is 2.27. The standard InChI is InChI=1S/C12H27N.Li/c1-4-5-6-7-8-9-10-11-12-13(2)3;/h4-12H2,1-3H3;. The molecule has 1 radical (unpaired) electrons. The van der Waals surface area contributed by atoms with Gasteiger partial charge < -0.3 is 4.90 Å². The van der Waals surface area contributed by atoms with Gasteiger partial charge in [0.2, 0.25) is 0 Å². The van der Waals surface area contributed by atoms with Gasteiger partial charge in [-0.05, 0) is 27.1 Å². The van der Waals surface area contributed by atoms with E-state index in [-0.39, 0.29) is 18.9 Å². The van der Waals surface area contributed by atoms with Crippen molar-refractivity contribution in [1.82, 2.24) is 4.90 Å². The van der Waals surface area contributed by atoms with Crippen LogP contribution in [0.4, 0.5) is 0 Å². The third-order valence-electron chi connectivity index (χ3n) is 2.46. The average molecular weight is 192 g/mol. The molecule has 0 saturated carbocycles. The monoisotopic (exact) mass is 192 g/mol. The number of hydrogen-bond acceptors (Lipinski definition) is 1. The van der Waals surface area contributed by atoms with Crippen molar-refractivity contribution < 1.29 is 0 Å². The summed E-state index contributed by atoms with van der Waals surface area (Å²) in [6.07, 6.45) is 11.4. The van der Waals surface area contributed by atoms with Crippen LogP contribution in [0.2, 0.25) is 0 Å². The Morgan fingerprint density at radius 2 is 1.14 bits per heavy atom. The van der Waals surface area contributed by atoms with Crippen molar-refractivity contribution in [3.05, 3.63) is 0 Å². The summed E-state index contributed by atoms with van der Waals surface area (Å²) in [5.41, 5.74) is 0. The summed E-state index contributed by atoms with van der Waals surface area (Å²) in [7, 11) is 4.31. The second-order valence-electron chi connectivity index (χ2n) is 4.28. The molecule has 0 aliphatic rings. The van der Waals surface area contributed by atoms with Crippen LogP contribution in [-0.2, 0) is 0 Å². The molecule has 2 heteroatoms. The first-order valence-electron chi connectivity index (χ1n) is 5.92. The molecule has 0 aliphatic carbocycles. The zero-order chi connectivity index (χ0) is 9.94. The first-order valence-corrected chi connectivity index (χ1v) is 5.92. The van der Waals surface area contributed by atoms with Crippen LogP contribution in [0.5, 0.6) is 0 Å². The van der Waals surface area contributed by atoms with Crippen molar-refractivity contribution in [3.8, 4) is 0 Å². The van der Waals surface area contributed by atoms with E-state index in [0.29, 0.717) is 0 Å². The van der Waals surface area contributed by atoms with Gasteiger partial charge >= 0.3 is 0 Å². The Balaban J connectivity index is 0. The Hall–Kier alpha value is 0.557. The first-order chi connectivity index (χ1) is 6.27. The second-order valence-corrected chi connectivity index (χ2v) is 4.28. The molecule has 0 aliphatic heterocycles. The van der Waals surface area contributed by atoms with Crippen molar-refractivity contribution in [2.45, 2.75) is 58.3 Å². The molecule has 0 atom stereocenters. The number of nitrogens with zero attached hydrogens (tertiary/aromatic N) is 1. The van der Waals surface area contributed by atoms with Gasteiger partial charge in [-0.2, -0.15) is 0 Å². The maximum Gasteiger partial charge on any atom is 0 e. The molecule has 0 heterocycles. The summed E-state index contributed by atoms with van der Waals surface area (Å²) < 4.78 is 0. The van der Waals surface area contributed by atoms with Gasteiger partial charge in [0, 0.05) is 18.9 Å². The van der Waals surface area contributed by atoms with Crippen LogP contribution >= 0.6 is 0 Å². The van der Waals surface area contributed by atoms with Crippen LogP contribution in [0.25, 0.3) is 0 Å². The molecule has 0 fully saturated rings. The molecule has 0 aromatic rings. The predicted octanol–water partition coefficient (Wildman–Crippen LogP) is 3.31. The smallest absolute Gasteiger partial charge is 0 e. The van der Waals surface area contributed by atoms with Gasteiger partial charge in [-0.3, -0.25) is 0 Å². The van der Waals surface area contributed by atoms with Crippen molar-refractivity contribution in [1.29, 1.82) is 0 Å². The summed E-state index contributed by atoms with van der Waals surface area (Å²) in [6.45, 7) is 3.53. The fourth-order valence-electron chi connectivity index (χ4n) is 1.56. The molecule has 81 valence electrons. The van der Waals surface area contributed by atoms with Crippen LogP contribution in [0, 0.1) is 0 Å². The minimum Gasteiger partial charge on any atom is -0.309 e. The molecule has 14 heavy (non-hydrogen) atoms. The number of hydrogen-bond donors (Lipinski definition) is 0. The van der Waals surface area contributed by atoms with E-state index in [4.69, 9.17) is 0 Å². The Bertz CT molecular complexity index is 94.3. The second kappa shape index (κ2) is 13.6. The van der Waals surface area contributed by atoms with Crippen LogP contribution < -0.4 is 0 Å². The predicted molar refractivity (Wildman–Crippen MR) is 66.9 cm³/mol. The molecule has 0 saturated heterocycles. The summed E-state index contributed by atoms with van der Waals surface area (Å²) in [5, 5.41) is 0. The van der Waals surface area contributed by atoms with Crippen molar-refractivity contribution in [2.24, 2.45) is 0 Å². The molecular weight excluding hydrogens is 165 g/mol. The third kappa shape index (κ3) is 15.0. The molecule has 0 spiro atoms. The van der Waals surface area contributed by atoms with Gasteiger partial charge in [-0.1, -0.05) is 51.9 Å². The topological polar surface area (TPSA) is 3.24 Å². The van der Waals surface area contributed by atoms with Gasteiger partial charge in [0.1, 0.15) is 0 Å². The Morgan fingerprint density at radius 3 is 1.57 bits per heavy atom. The van der Waals surface area contributed by atoms with Crippen LogP contribution in [-0.4, -0.2) is 44.4 Å². The van der Waals surface area contributed by atoms with E-state index in [2.05, 4.69) is 25.9 Å². The van der Waals surface area contributed by atoms with Gasteiger partial charge in [-0.15, -0.1) is 0 Å². The molecular formula is C12H27LiN. The van der Waals surface area contributed by atoms with Gasteiger partial charge in [0.15, 0.2) is 0 Å². The first kappa shape index (κ1) is 17.0. The molecule has 0 unspecified atom stereocenters. The molecule has 0 amide bonds. The third-order valence-corrected chi connectivity index (χ3v) is 2.46. The van der Waals surface area contributed by atoms with E-state index in [1.54, 1.807) is 0 Å². The van der Waals surface area contributed by atoms with Crippen LogP contribution in [0.15, 0.2) is 0 Å². The van der Waals surface area contributed by atoms with Crippen molar-refractivity contribution >= 4 is 18.9 Å². The minimum absolute atomic E-state index is 0. The van der Waals surface area contributed by atoms with E-state index >= 15 is 0 Å². The van der Waals surface area contributed by atoms with E-state index in [0.717, 1.165) is 0 Å². The molecule has 0 aromatic heterocycles. The quantitative estimate of drug-likeness (QED) is 0.400. The van der Waals surface area contributed by atoms with Gasteiger partial charge in [0.25, 0.3) is 0 Å². The molecule has 1 nitrogen and oxygen atoms in total. The Morgan fingerprint density at radius 1 is 0.714 bits per heavy atom. The molecule has 0 bridgehead atoms. The van der Waals surface area contributed by atoms with E-state index in [9.17, 15) is 0 Å². The largest absolute Gasteiger partial charge is 0.309 e. The minimum atomic E-state index is 0. The van der Waals surface area contributed by atoms with Crippen molar-refractivity contribution in [2.75, 3.05) is 20.6 Å². The summed E-state index contributed by atoms with van der Waals surface area (Å²) >= 11 is 0. The van der Waals surface area contributed by atoms with E-state index < -0.39 is 0 Å². The summed E-state index contributed by atoms with van der Waals surface area (Å²) in [4.78, 5) is 2.27. The van der Waals surface area contributed by atoms with Crippen LogP contribution in [0.3, 0.4) is 0 Å². The van der Waals surface area contributed by atoms with Gasteiger partial charge in [-0.25, -0.2) is 0 Å². The number of unbranched alkanes of at least 4 members (excludes halogenated alkanes) is 7. The normalized spacial score (nSPS) is 10.3. The summed E-state index contributed by atoms with van der Waals surface area (Å²) in [5.74, 6) is 0. The molecule has 0 rings (SSSR count). The molecule has 0 N–H and O–H groups in total. The zero-order valence-electron chi connectivity index (χ0n) is 10.8. The number of rotatable bonds is 9. The maximum absolute atomic E-state index is 2.27. The average Bonchev–Trinajstić information content (AvgIpc) is 2.09. The Labute approximate surface area is 103 Å². The fourth-order valence-corrected chi connectivity index (χ4v) is 1.56. The SMILES string of the molecule is CCCCCCCCCCN(C)C.[Li]. The van der Waals surface area contributed by atoms with E-state index in [1.165, 1.54) is 57.9 Å². The van der Waals surface area contributed by atoms with Crippen molar-refractivity contribution in [3.63, 3.8) is 0 Å².